The standard InChI is InChI=1S/C19H16Cl2N2O4S/c20-13-6-8-16(14(21)11-13)27-19(24)12-5-7-15-17(10-12)28(25,26)22-18-4-2-1-3-9-23(15)18/h5-8,10-11H,1-4,9H2. The number of ether oxygens (including phenoxy) is 1. The lowest BCUT2D eigenvalue weighted by Gasteiger charge is -2.29. The number of carbonyl (C=O) groups excluding carboxylic acids is 1. The number of benzene rings is 2. The number of halogens is 2. The van der Waals surface area contributed by atoms with Crippen LogP contribution in [0.4, 0.5) is 5.69 Å². The van der Waals surface area contributed by atoms with E-state index in [1.54, 1.807) is 18.2 Å². The molecule has 2 aliphatic heterocycles. The fourth-order valence-corrected chi connectivity index (χ4v) is 5.05. The van der Waals surface area contributed by atoms with E-state index in [1.807, 2.05) is 4.90 Å². The summed E-state index contributed by atoms with van der Waals surface area (Å²) >= 11 is 11.9. The Balaban J connectivity index is 1.68. The number of hydrogen-bond acceptors (Lipinski definition) is 5. The predicted octanol–water partition coefficient (Wildman–Crippen LogP) is 4.69. The Morgan fingerprint density at radius 3 is 2.68 bits per heavy atom. The molecule has 0 saturated carbocycles. The van der Waals surface area contributed by atoms with Crippen molar-refractivity contribution in [3.8, 4) is 5.75 Å². The van der Waals surface area contributed by atoms with Crippen molar-refractivity contribution in [2.45, 2.75) is 30.6 Å². The molecule has 2 heterocycles. The second-order valence-corrected chi connectivity index (χ2v) is 9.01. The second kappa shape index (κ2) is 7.39. The molecule has 0 bridgehead atoms. The minimum Gasteiger partial charge on any atom is -0.421 e. The minimum atomic E-state index is -3.88. The summed E-state index contributed by atoms with van der Waals surface area (Å²) in [6, 6.07) is 8.97. The number of sulfonamides is 1. The van der Waals surface area contributed by atoms with E-state index >= 15 is 0 Å². The quantitative estimate of drug-likeness (QED) is 0.501. The Labute approximate surface area is 172 Å². The molecule has 1 fully saturated rings. The summed E-state index contributed by atoms with van der Waals surface area (Å²) in [5.41, 5.74) is 0.648. The van der Waals surface area contributed by atoms with Crippen molar-refractivity contribution < 1.29 is 17.9 Å². The lowest BCUT2D eigenvalue weighted by Crippen LogP contribution is -2.35. The summed E-state index contributed by atoms with van der Waals surface area (Å²) in [5.74, 6) is -0.00870. The third kappa shape index (κ3) is 3.62. The van der Waals surface area contributed by atoms with Gasteiger partial charge in [-0.25, -0.2) is 4.79 Å². The highest BCUT2D eigenvalue weighted by Crippen LogP contribution is 2.35. The largest absolute Gasteiger partial charge is 0.421 e. The lowest BCUT2D eigenvalue weighted by molar-refractivity contribution is 0.0734. The van der Waals surface area contributed by atoms with Crippen LogP contribution in [0.1, 0.15) is 36.0 Å². The molecule has 146 valence electrons. The topological polar surface area (TPSA) is 76.0 Å². The van der Waals surface area contributed by atoms with Crippen molar-refractivity contribution in [3.05, 3.63) is 52.0 Å². The molecule has 6 nitrogen and oxygen atoms in total. The SMILES string of the molecule is O=C(Oc1ccc(Cl)cc1Cl)c1ccc2c(c1)S(=O)(=O)N=C1CCCCCN12. The smallest absolute Gasteiger partial charge is 0.343 e. The molecule has 0 unspecified atom stereocenters. The molecule has 0 amide bonds. The van der Waals surface area contributed by atoms with Crippen molar-refractivity contribution >= 4 is 50.7 Å². The predicted molar refractivity (Wildman–Crippen MR) is 108 cm³/mol. The molecule has 2 aromatic carbocycles. The highest BCUT2D eigenvalue weighted by Gasteiger charge is 2.32. The van der Waals surface area contributed by atoms with E-state index in [9.17, 15) is 13.2 Å². The van der Waals surface area contributed by atoms with Gasteiger partial charge >= 0.3 is 5.97 Å². The Morgan fingerprint density at radius 2 is 1.89 bits per heavy atom. The third-order valence-corrected chi connectivity index (χ3v) is 6.54. The average Bonchev–Trinajstić information content (AvgIpc) is 2.88. The fourth-order valence-electron chi connectivity index (χ4n) is 3.32. The highest BCUT2D eigenvalue weighted by atomic mass is 35.5. The molecule has 0 atom stereocenters. The van der Waals surface area contributed by atoms with Crippen molar-refractivity contribution in [2.24, 2.45) is 4.40 Å². The molecule has 9 heteroatoms. The van der Waals surface area contributed by atoms with Gasteiger partial charge in [0.25, 0.3) is 10.0 Å². The molecule has 2 aromatic rings. The Morgan fingerprint density at radius 1 is 1.07 bits per heavy atom. The first-order chi connectivity index (χ1) is 13.3. The van der Waals surface area contributed by atoms with Crippen molar-refractivity contribution in [2.75, 3.05) is 11.4 Å². The van der Waals surface area contributed by atoms with Crippen LogP contribution in [0.15, 0.2) is 45.7 Å². The van der Waals surface area contributed by atoms with Gasteiger partial charge in [-0.05, 0) is 49.2 Å². The zero-order valence-corrected chi connectivity index (χ0v) is 17.0. The molecule has 0 radical (unpaired) electrons. The Hall–Kier alpha value is -2.09. The first-order valence-corrected chi connectivity index (χ1v) is 11.0. The lowest BCUT2D eigenvalue weighted by atomic mass is 10.2. The van der Waals surface area contributed by atoms with Gasteiger partial charge in [0, 0.05) is 18.0 Å². The number of hydrogen-bond donors (Lipinski definition) is 0. The molecule has 28 heavy (non-hydrogen) atoms. The normalized spacial score (nSPS) is 17.8. The molecule has 0 spiro atoms. The highest BCUT2D eigenvalue weighted by molar-refractivity contribution is 7.90. The number of esters is 1. The number of nitrogens with zero attached hydrogens (tertiary/aromatic N) is 2. The Kier molecular flexibility index (Phi) is 5.07. The van der Waals surface area contributed by atoms with Crippen molar-refractivity contribution in [1.82, 2.24) is 0 Å². The Bertz CT molecular complexity index is 1100. The van der Waals surface area contributed by atoms with E-state index in [-0.39, 0.29) is 21.2 Å². The van der Waals surface area contributed by atoms with Crippen LogP contribution in [0.25, 0.3) is 0 Å². The zero-order valence-electron chi connectivity index (χ0n) is 14.7. The summed E-state index contributed by atoms with van der Waals surface area (Å²) in [7, 11) is -3.88. The van der Waals surface area contributed by atoms with E-state index in [0.29, 0.717) is 29.5 Å². The molecule has 4 rings (SSSR count). The third-order valence-electron chi connectivity index (χ3n) is 4.68. The van der Waals surface area contributed by atoms with Crippen LogP contribution in [-0.2, 0) is 10.0 Å². The molecule has 0 aromatic heterocycles. The molecular weight excluding hydrogens is 423 g/mol. The maximum Gasteiger partial charge on any atom is 0.343 e. The van der Waals surface area contributed by atoms with E-state index in [2.05, 4.69) is 4.40 Å². The number of amidine groups is 1. The molecule has 0 aliphatic carbocycles. The second-order valence-electron chi connectivity index (χ2n) is 6.59. The van der Waals surface area contributed by atoms with Crippen LogP contribution in [0.2, 0.25) is 10.0 Å². The first kappa shape index (κ1) is 19.2. The van der Waals surface area contributed by atoms with Gasteiger partial charge in [0.05, 0.1) is 16.3 Å². The van der Waals surface area contributed by atoms with Gasteiger partial charge in [-0.3, -0.25) is 0 Å². The van der Waals surface area contributed by atoms with Crippen LogP contribution < -0.4 is 9.64 Å². The van der Waals surface area contributed by atoms with Crippen LogP contribution in [0, 0.1) is 0 Å². The molecule has 0 N–H and O–H groups in total. The number of rotatable bonds is 2. The molecular formula is C19H16Cl2N2O4S. The average molecular weight is 439 g/mol. The zero-order chi connectivity index (χ0) is 19.9. The van der Waals surface area contributed by atoms with Crippen molar-refractivity contribution in [1.29, 1.82) is 0 Å². The van der Waals surface area contributed by atoms with Gasteiger partial charge in [0.1, 0.15) is 16.5 Å². The van der Waals surface area contributed by atoms with E-state index in [4.69, 9.17) is 27.9 Å². The van der Waals surface area contributed by atoms with Gasteiger partial charge in [-0.1, -0.05) is 29.6 Å². The van der Waals surface area contributed by atoms with Gasteiger partial charge < -0.3 is 9.64 Å². The summed E-state index contributed by atoms with van der Waals surface area (Å²) in [6.45, 7) is 0.700. The number of carbonyl (C=O) groups is 1. The van der Waals surface area contributed by atoms with E-state index in [0.717, 1.165) is 19.3 Å². The van der Waals surface area contributed by atoms with Crippen LogP contribution >= 0.6 is 23.2 Å². The van der Waals surface area contributed by atoms with Gasteiger partial charge in [-0.2, -0.15) is 8.42 Å². The van der Waals surface area contributed by atoms with Gasteiger partial charge in [0.2, 0.25) is 0 Å². The maximum atomic E-state index is 12.7. The fraction of sp³-hybridized carbons (Fsp3) is 0.263. The van der Waals surface area contributed by atoms with Gasteiger partial charge in [0.15, 0.2) is 0 Å². The van der Waals surface area contributed by atoms with Crippen molar-refractivity contribution in [3.63, 3.8) is 0 Å². The van der Waals surface area contributed by atoms with E-state index in [1.165, 1.54) is 18.2 Å². The molecule has 2 aliphatic rings. The summed E-state index contributed by atoms with van der Waals surface area (Å²) in [4.78, 5) is 14.5. The maximum absolute atomic E-state index is 12.7. The minimum absolute atomic E-state index is 0.00908. The molecule has 1 saturated heterocycles. The summed E-state index contributed by atoms with van der Waals surface area (Å²) in [6.07, 6.45) is 3.51. The van der Waals surface area contributed by atoms with Crippen LogP contribution in [-0.4, -0.2) is 26.8 Å². The summed E-state index contributed by atoms with van der Waals surface area (Å²) in [5, 5.41) is 0.598. The number of fused-ring (bicyclic) bond motifs is 3. The van der Waals surface area contributed by atoms with Crippen LogP contribution in [0.5, 0.6) is 5.75 Å². The van der Waals surface area contributed by atoms with E-state index < -0.39 is 16.0 Å². The monoisotopic (exact) mass is 438 g/mol. The summed E-state index contributed by atoms with van der Waals surface area (Å²) < 4.78 is 34.6. The first-order valence-electron chi connectivity index (χ1n) is 8.78. The van der Waals surface area contributed by atoms with Gasteiger partial charge in [-0.15, -0.1) is 4.40 Å². The van der Waals surface area contributed by atoms with Crippen LogP contribution in [0.3, 0.4) is 0 Å². The number of anilines is 1.